The van der Waals surface area contributed by atoms with E-state index in [-0.39, 0.29) is 5.78 Å². The number of pyridine rings is 1. The molecule has 0 aliphatic heterocycles. The van der Waals surface area contributed by atoms with Crippen molar-refractivity contribution in [1.82, 2.24) is 4.98 Å². The Hall–Kier alpha value is -1.42. The van der Waals surface area contributed by atoms with Crippen LogP contribution in [0.5, 0.6) is 5.75 Å². The van der Waals surface area contributed by atoms with Gasteiger partial charge in [0.15, 0.2) is 5.78 Å². The van der Waals surface area contributed by atoms with Crippen LogP contribution in [-0.2, 0) is 0 Å². The monoisotopic (exact) mass is 222 g/mol. The van der Waals surface area contributed by atoms with Crippen molar-refractivity contribution >= 4 is 5.78 Å². The van der Waals surface area contributed by atoms with Crippen LogP contribution in [-0.4, -0.2) is 23.9 Å². The van der Waals surface area contributed by atoms with E-state index in [0.29, 0.717) is 24.5 Å². The third kappa shape index (κ3) is 2.79. The molecular formula is C12H18N2O2. The molecule has 0 saturated carbocycles. The molecule has 0 bridgehead atoms. The van der Waals surface area contributed by atoms with E-state index < -0.39 is 5.41 Å². The molecule has 0 saturated heterocycles. The van der Waals surface area contributed by atoms with Gasteiger partial charge in [-0.15, -0.1) is 0 Å². The summed E-state index contributed by atoms with van der Waals surface area (Å²) in [6, 6.07) is 1.70. The topological polar surface area (TPSA) is 65.2 Å². The van der Waals surface area contributed by atoms with Gasteiger partial charge >= 0.3 is 0 Å². The fraction of sp³-hybridized carbons (Fsp3) is 0.500. The van der Waals surface area contributed by atoms with Gasteiger partial charge in [-0.25, -0.2) is 0 Å². The maximum atomic E-state index is 12.1. The van der Waals surface area contributed by atoms with Crippen molar-refractivity contribution in [2.45, 2.75) is 20.8 Å². The second kappa shape index (κ2) is 5.07. The van der Waals surface area contributed by atoms with Crippen molar-refractivity contribution in [3.05, 3.63) is 24.0 Å². The summed E-state index contributed by atoms with van der Waals surface area (Å²) in [6.45, 7) is 6.40. The number of carbonyl (C=O) groups excluding carboxylic acids is 1. The van der Waals surface area contributed by atoms with E-state index in [2.05, 4.69) is 4.98 Å². The largest absolute Gasteiger partial charge is 0.492 e. The molecule has 1 rings (SSSR count). The molecule has 0 amide bonds. The Labute approximate surface area is 95.8 Å². The average Bonchev–Trinajstić information content (AvgIpc) is 2.29. The summed E-state index contributed by atoms with van der Waals surface area (Å²) < 4.78 is 5.30. The van der Waals surface area contributed by atoms with Gasteiger partial charge in [-0.2, -0.15) is 0 Å². The van der Waals surface area contributed by atoms with E-state index in [9.17, 15) is 4.79 Å². The van der Waals surface area contributed by atoms with E-state index in [4.69, 9.17) is 10.5 Å². The lowest BCUT2D eigenvalue weighted by Gasteiger charge is -2.20. The molecule has 0 unspecified atom stereocenters. The molecule has 0 atom stereocenters. The van der Waals surface area contributed by atoms with Crippen LogP contribution in [0.4, 0.5) is 0 Å². The van der Waals surface area contributed by atoms with E-state index >= 15 is 0 Å². The van der Waals surface area contributed by atoms with Gasteiger partial charge in [-0.1, -0.05) is 13.8 Å². The van der Waals surface area contributed by atoms with Crippen molar-refractivity contribution in [2.75, 3.05) is 13.2 Å². The predicted octanol–water partition coefficient (Wildman–Crippen LogP) is 1.65. The number of Topliss-reactive ketones (excluding diaryl/α,β-unsaturated/α-hetero) is 1. The van der Waals surface area contributed by atoms with Crippen molar-refractivity contribution in [1.29, 1.82) is 0 Å². The lowest BCUT2D eigenvalue weighted by atomic mass is 9.85. The summed E-state index contributed by atoms with van der Waals surface area (Å²) in [5, 5.41) is 0. The van der Waals surface area contributed by atoms with E-state index in [1.807, 2.05) is 20.8 Å². The SMILES string of the molecule is CCOc1cncc(C(=O)C(C)(C)CN)c1. The lowest BCUT2D eigenvalue weighted by Crippen LogP contribution is -2.32. The third-order valence-electron chi connectivity index (χ3n) is 2.41. The number of aromatic nitrogens is 1. The van der Waals surface area contributed by atoms with Gasteiger partial charge in [0.05, 0.1) is 12.8 Å². The number of carbonyl (C=O) groups is 1. The zero-order chi connectivity index (χ0) is 12.2. The normalized spacial score (nSPS) is 11.2. The minimum absolute atomic E-state index is 0.0101. The summed E-state index contributed by atoms with van der Waals surface area (Å²) in [7, 11) is 0. The first-order valence-corrected chi connectivity index (χ1v) is 5.34. The minimum atomic E-state index is -0.563. The first-order valence-electron chi connectivity index (χ1n) is 5.34. The first-order chi connectivity index (χ1) is 7.51. The molecule has 0 aliphatic carbocycles. The molecule has 1 aromatic rings. The molecular weight excluding hydrogens is 204 g/mol. The average molecular weight is 222 g/mol. The molecule has 2 N–H and O–H groups in total. The van der Waals surface area contributed by atoms with E-state index in [1.165, 1.54) is 0 Å². The molecule has 4 nitrogen and oxygen atoms in total. The molecule has 16 heavy (non-hydrogen) atoms. The Balaban J connectivity index is 2.96. The molecule has 1 heterocycles. The molecule has 4 heteroatoms. The van der Waals surface area contributed by atoms with Crippen molar-refractivity contribution in [3.63, 3.8) is 0 Å². The molecule has 0 fully saturated rings. The van der Waals surface area contributed by atoms with Crippen LogP contribution in [0.3, 0.4) is 0 Å². The van der Waals surface area contributed by atoms with E-state index in [1.54, 1.807) is 18.5 Å². The number of hydrogen-bond acceptors (Lipinski definition) is 4. The second-order valence-corrected chi connectivity index (χ2v) is 4.26. The Bertz CT molecular complexity index is 375. The van der Waals surface area contributed by atoms with Crippen molar-refractivity contribution < 1.29 is 9.53 Å². The molecule has 88 valence electrons. The Morgan fingerprint density at radius 1 is 1.50 bits per heavy atom. The van der Waals surface area contributed by atoms with Crippen LogP contribution in [0.2, 0.25) is 0 Å². The van der Waals surface area contributed by atoms with Gasteiger partial charge in [0.2, 0.25) is 0 Å². The summed E-state index contributed by atoms with van der Waals surface area (Å²) >= 11 is 0. The summed E-state index contributed by atoms with van der Waals surface area (Å²) in [5.74, 6) is 0.602. The Kier molecular flexibility index (Phi) is 4.01. The van der Waals surface area contributed by atoms with Crippen LogP contribution in [0, 0.1) is 5.41 Å². The fourth-order valence-electron chi connectivity index (χ4n) is 1.27. The smallest absolute Gasteiger partial charge is 0.171 e. The van der Waals surface area contributed by atoms with Gasteiger partial charge in [-0.05, 0) is 13.0 Å². The fourth-order valence-corrected chi connectivity index (χ4v) is 1.27. The van der Waals surface area contributed by atoms with Gasteiger partial charge in [-0.3, -0.25) is 9.78 Å². The van der Waals surface area contributed by atoms with Crippen molar-refractivity contribution in [3.8, 4) is 5.75 Å². The molecule has 0 spiro atoms. The Morgan fingerprint density at radius 2 is 2.19 bits per heavy atom. The number of rotatable bonds is 5. The number of ketones is 1. The minimum Gasteiger partial charge on any atom is -0.492 e. The summed E-state index contributed by atoms with van der Waals surface area (Å²) in [6.07, 6.45) is 3.14. The second-order valence-electron chi connectivity index (χ2n) is 4.26. The molecule has 0 aromatic carbocycles. The predicted molar refractivity (Wildman–Crippen MR) is 62.6 cm³/mol. The van der Waals surface area contributed by atoms with Gasteiger partial charge in [0.25, 0.3) is 0 Å². The van der Waals surface area contributed by atoms with Crippen molar-refractivity contribution in [2.24, 2.45) is 11.1 Å². The zero-order valence-electron chi connectivity index (χ0n) is 9.99. The molecule has 1 aromatic heterocycles. The molecule has 0 aliphatic rings. The standard InChI is InChI=1S/C12H18N2O2/c1-4-16-10-5-9(6-14-7-10)11(15)12(2,3)8-13/h5-7H,4,8,13H2,1-3H3. The highest BCUT2D eigenvalue weighted by Gasteiger charge is 2.27. The lowest BCUT2D eigenvalue weighted by molar-refractivity contribution is 0.0846. The first kappa shape index (κ1) is 12.6. The Morgan fingerprint density at radius 3 is 2.75 bits per heavy atom. The number of hydrogen-bond donors (Lipinski definition) is 1. The zero-order valence-corrected chi connectivity index (χ0v) is 9.99. The number of nitrogens with two attached hydrogens (primary N) is 1. The molecule has 0 radical (unpaired) electrons. The quantitative estimate of drug-likeness (QED) is 0.769. The van der Waals surface area contributed by atoms with Gasteiger partial charge in [0.1, 0.15) is 5.75 Å². The number of ether oxygens (including phenoxy) is 1. The highest BCUT2D eigenvalue weighted by molar-refractivity contribution is 6.00. The summed E-state index contributed by atoms with van der Waals surface area (Å²) in [4.78, 5) is 16.1. The number of nitrogens with zero attached hydrogens (tertiary/aromatic N) is 1. The summed E-state index contributed by atoms with van der Waals surface area (Å²) in [5.41, 5.74) is 5.55. The maximum Gasteiger partial charge on any atom is 0.171 e. The van der Waals surface area contributed by atoms with Gasteiger partial charge in [0, 0.05) is 23.7 Å². The van der Waals surface area contributed by atoms with Crippen LogP contribution < -0.4 is 10.5 Å². The maximum absolute atomic E-state index is 12.1. The highest BCUT2D eigenvalue weighted by Crippen LogP contribution is 2.22. The van der Waals surface area contributed by atoms with Gasteiger partial charge < -0.3 is 10.5 Å². The van der Waals surface area contributed by atoms with Crippen LogP contribution in [0.25, 0.3) is 0 Å². The van der Waals surface area contributed by atoms with Crippen LogP contribution in [0.1, 0.15) is 31.1 Å². The third-order valence-corrected chi connectivity index (χ3v) is 2.41. The van der Waals surface area contributed by atoms with Crippen LogP contribution in [0.15, 0.2) is 18.5 Å². The van der Waals surface area contributed by atoms with Crippen LogP contribution >= 0.6 is 0 Å². The highest BCUT2D eigenvalue weighted by atomic mass is 16.5. The van der Waals surface area contributed by atoms with E-state index in [0.717, 1.165) is 0 Å².